The van der Waals surface area contributed by atoms with Crippen LogP contribution in [0.5, 0.6) is 0 Å². The lowest BCUT2D eigenvalue weighted by Crippen LogP contribution is -2.52. The summed E-state index contributed by atoms with van der Waals surface area (Å²) < 4.78 is 13.2. The highest BCUT2D eigenvalue weighted by Crippen LogP contribution is 2.31. The second-order valence-corrected chi connectivity index (χ2v) is 7.25. The van der Waals surface area contributed by atoms with Crippen LogP contribution in [0.25, 0.3) is 0 Å². The molecule has 0 spiro atoms. The number of hydrogen-bond donors (Lipinski definition) is 1. The van der Waals surface area contributed by atoms with Crippen molar-refractivity contribution in [2.75, 3.05) is 13.1 Å². The SMILES string of the molecule is CCC(CC)C(=O)N1CCCC(C)(C(=O)NCc2cccc(F)c2)C1. The molecule has 2 amide bonds. The topological polar surface area (TPSA) is 49.4 Å². The molecule has 1 saturated heterocycles. The number of nitrogens with zero attached hydrogens (tertiary/aromatic N) is 1. The molecule has 1 unspecified atom stereocenters. The van der Waals surface area contributed by atoms with Gasteiger partial charge >= 0.3 is 0 Å². The average molecular weight is 348 g/mol. The Morgan fingerprint density at radius 1 is 1.32 bits per heavy atom. The third kappa shape index (κ3) is 4.80. The van der Waals surface area contributed by atoms with Crippen LogP contribution in [0, 0.1) is 17.2 Å². The highest BCUT2D eigenvalue weighted by molar-refractivity contribution is 5.84. The van der Waals surface area contributed by atoms with Gasteiger partial charge in [-0.25, -0.2) is 4.39 Å². The van der Waals surface area contributed by atoms with Gasteiger partial charge in [0.2, 0.25) is 11.8 Å². The van der Waals surface area contributed by atoms with Crippen molar-refractivity contribution in [2.24, 2.45) is 11.3 Å². The summed E-state index contributed by atoms with van der Waals surface area (Å²) in [5.74, 6) is -0.178. The van der Waals surface area contributed by atoms with E-state index in [4.69, 9.17) is 0 Å². The third-order valence-corrected chi connectivity index (χ3v) is 5.23. The summed E-state index contributed by atoms with van der Waals surface area (Å²) >= 11 is 0. The maximum atomic E-state index is 13.2. The number of benzene rings is 1. The number of amides is 2. The van der Waals surface area contributed by atoms with Crippen molar-refractivity contribution in [1.29, 1.82) is 0 Å². The van der Waals surface area contributed by atoms with Gasteiger partial charge < -0.3 is 10.2 Å². The molecule has 0 aliphatic carbocycles. The van der Waals surface area contributed by atoms with E-state index < -0.39 is 5.41 Å². The van der Waals surface area contributed by atoms with Crippen molar-refractivity contribution in [2.45, 2.75) is 53.0 Å². The minimum absolute atomic E-state index is 0.0395. The van der Waals surface area contributed by atoms with Crippen LogP contribution in [0.3, 0.4) is 0 Å². The first kappa shape index (κ1) is 19.4. The Morgan fingerprint density at radius 3 is 2.68 bits per heavy atom. The Balaban J connectivity index is 1.99. The Bertz CT molecular complexity index is 615. The van der Waals surface area contributed by atoms with Gasteiger partial charge in [0, 0.05) is 25.6 Å². The fourth-order valence-electron chi connectivity index (χ4n) is 3.55. The van der Waals surface area contributed by atoms with Crippen LogP contribution in [0.15, 0.2) is 24.3 Å². The smallest absolute Gasteiger partial charge is 0.227 e. The molecule has 1 aromatic carbocycles. The summed E-state index contributed by atoms with van der Waals surface area (Å²) in [6.07, 6.45) is 3.24. The van der Waals surface area contributed by atoms with E-state index in [1.165, 1.54) is 12.1 Å². The van der Waals surface area contributed by atoms with Crippen molar-refractivity contribution in [3.8, 4) is 0 Å². The molecule has 0 aromatic heterocycles. The lowest BCUT2D eigenvalue weighted by molar-refractivity contribution is -0.143. The zero-order valence-corrected chi connectivity index (χ0v) is 15.5. The van der Waals surface area contributed by atoms with E-state index in [1.807, 2.05) is 25.7 Å². The number of piperidine rings is 1. The molecule has 1 aliphatic heterocycles. The lowest BCUT2D eigenvalue weighted by Gasteiger charge is -2.40. The van der Waals surface area contributed by atoms with Crippen molar-refractivity contribution < 1.29 is 14.0 Å². The van der Waals surface area contributed by atoms with Crippen LogP contribution < -0.4 is 5.32 Å². The molecule has 25 heavy (non-hydrogen) atoms. The van der Waals surface area contributed by atoms with Crippen molar-refractivity contribution in [3.63, 3.8) is 0 Å². The number of likely N-dealkylation sites (tertiary alicyclic amines) is 1. The number of hydrogen-bond acceptors (Lipinski definition) is 2. The molecule has 4 nitrogen and oxygen atoms in total. The summed E-state index contributed by atoms with van der Waals surface area (Å²) in [6.45, 7) is 7.45. The van der Waals surface area contributed by atoms with Crippen molar-refractivity contribution >= 4 is 11.8 Å². The molecule has 0 saturated carbocycles. The Labute approximate surface area is 149 Å². The van der Waals surface area contributed by atoms with Crippen LogP contribution >= 0.6 is 0 Å². The molecule has 0 bridgehead atoms. The molecule has 1 aliphatic rings. The fourth-order valence-corrected chi connectivity index (χ4v) is 3.55. The zero-order chi connectivity index (χ0) is 18.4. The fraction of sp³-hybridized carbons (Fsp3) is 0.600. The quantitative estimate of drug-likeness (QED) is 0.855. The van der Waals surface area contributed by atoms with Gasteiger partial charge in [-0.2, -0.15) is 0 Å². The van der Waals surface area contributed by atoms with E-state index in [0.717, 1.165) is 37.8 Å². The maximum absolute atomic E-state index is 13.2. The number of halogens is 1. The molecule has 1 fully saturated rings. The molecule has 5 heteroatoms. The highest BCUT2D eigenvalue weighted by Gasteiger charge is 2.40. The highest BCUT2D eigenvalue weighted by atomic mass is 19.1. The Hall–Kier alpha value is -1.91. The molecule has 138 valence electrons. The molecule has 1 N–H and O–H groups in total. The minimum Gasteiger partial charge on any atom is -0.351 e. The minimum atomic E-state index is -0.590. The largest absolute Gasteiger partial charge is 0.351 e. The number of carbonyl (C=O) groups is 2. The molecule has 1 heterocycles. The standard InChI is InChI=1S/C20H29FN2O2/c1-4-16(5-2)18(24)23-11-7-10-20(3,14-23)19(25)22-13-15-8-6-9-17(21)12-15/h6,8-9,12,16H,4-5,7,10-11,13-14H2,1-3H3,(H,22,25). The molecule has 1 atom stereocenters. The summed E-state index contributed by atoms with van der Waals surface area (Å²) in [5.41, 5.74) is 0.144. The number of nitrogens with one attached hydrogen (secondary N) is 1. The Kier molecular flexibility index (Phi) is 6.57. The van der Waals surface area contributed by atoms with Gasteiger partial charge in [-0.3, -0.25) is 9.59 Å². The summed E-state index contributed by atoms with van der Waals surface area (Å²) in [5, 5.41) is 2.91. The summed E-state index contributed by atoms with van der Waals surface area (Å²) in [7, 11) is 0. The van der Waals surface area contributed by atoms with E-state index in [2.05, 4.69) is 5.32 Å². The van der Waals surface area contributed by atoms with Crippen LogP contribution in [0.4, 0.5) is 4.39 Å². The van der Waals surface area contributed by atoms with Gasteiger partial charge in [-0.1, -0.05) is 26.0 Å². The Morgan fingerprint density at radius 2 is 2.04 bits per heavy atom. The van der Waals surface area contributed by atoms with Crippen LogP contribution in [0.2, 0.25) is 0 Å². The van der Waals surface area contributed by atoms with E-state index in [0.29, 0.717) is 13.1 Å². The number of carbonyl (C=O) groups excluding carboxylic acids is 2. The third-order valence-electron chi connectivity index (χ3n) is 5.23. The lowest BCUT2D eigenvalue weighted by atomic mass is 9.80. The molecule has 1 aromatic rings. The van der Waals surface area contributed by atoms with E-state index in [-0.39, 0.29) is 23.5 Å². The van der Waals surface area contributed by atoms with Crippen LogP contribution in [0.1, 0.15) is 52.0 Å². The van der Waals surface area contributed by atoms with Gasteiger partial charge in [-0.05, 0) is 50.3 Å². The predicted molar refractivity (Wildman–Crippen MR) is 96.2 cm³/mol. The monoisotopic (exact) mass is 348 g/mol. The first-order valence-corrected chi connectivity index (χ1v) is 9.21. The van der Waals surface area contributed by atoms with E-state index >= 15 is 0 Å². The number of rotatable bonds is 6. The average Bonchev–Trinajstić information content (AvgIpc) is 2.60. The zero-order valence-electron chi connectivity index (χ0n) is 15.5. The summed E-state index contributed by atoms with van der Waals surface area (Å²) in [6, 6.07) is 6.23. The first-order valence-electron chi connectivity index (χ1n) is 9.21. The predicted octanol–water partition coefficient (Wildman–Crippen LogP) is 3.51. The molecular formula is C20H29FN2O2. The van der Waals surface area contributed by atoms with Crippen molar-refractivity contribution in [1.82, 2.24) is 10.2 Å². The maximum Gasteiger partial charge on any atom is 0.227 e. The molecular weight excluding hydrogens is 319 g/mol. The first-order chi connectivity index (χ1) is 11.9. The second-order valence-electron chi connectivity index (χ2n) is 7.25. The van der Waals surface area contributed by atoms with Gasteiger partial charge in [-0.15, -0.1) is 0 Å². The van der Waals surface area contributed by atoms with Crippen molar-refractivity contribution in [3.05, 3.63) is 35.6 Å². The van der Waals surface area contributed by atoms with Gasteiger partial charge in [0.25, 0.3) is 0 Å². The van der Waals surface area contributed by atoms with Gasteiger partial charge in [0.1, 0.15) is 5.82 Å². The molecule has 0 radical (unpaired) electrons. The normalized spacial score (nSPS) is 20.6. The van der Waals surface area contributed by atoms with Gasteiger partial charge in [0.05, 0.1) is 5.41 Å². The molecule has 2 rings (SSSR count). The van der Waals surface area contributed by atoms with E-state index in [1.54, 1.807) is 12.1 Å². The van der Waals surface area contributed by atoms with Gasteiger partial charge in [0.15, 0.2) is 0 Å². The second kappa shape index (κ2) is 8.45. The summed E-state index contributed by atoms with van der Waals surface area (Å²) in [4.78, 5) is 27.2. The van der Waals surface area contributed by atoms with Crippen LogP contribution in [-0.2, 0) is 16.1 Å². The van der Waals surface area contributed by atoms with Crippen LogP contribution in [-0.4, -0.2) is 29.8 Å². The van der Waals surface area contributed by atoms with E-state index in [9.17, 15) is 14.0 Å².